The fraction of sp³-hybridized carbons (Fsp3) is 0.0714. The molecule has 0 aliphatic heterocycles. The number of rotatable bonds is 2. The van der Waals surface area contributed by atoms with Crippen LogP contribution in [-0.4, -0.2) is 5.97 Å². The monoisotopic (exact) mass is 368 g/mol. The van der Waals surface area contributed by atoms with Crippen LogP contribution in [0, 0.1) is 6.92 Å². The van der Waals surface area contributed by atoms with Crippen molar-refractivity contribution in [3.8, 4) is 5.75 Å². The second-order valence-corrected chi connectivity index (χ2v) is 5.55. The fourth-order valence-corrected chi connectivity index (χ4v) is 2.25. The molecule has 0 N–H and O–H groups in total. The van der Waals surface area contributed by atoms with Crippen LogP contribution in [0.1, 0.15) is 15.9 Å². The van der Waals surface area contributed by atoms with Crippen molar-refractivity contribution in [1.82, 2.24) is 0 Å². The lowest BCUT2D eigenvalue weighted by Crippen LogP contribution is -2.10. The number of aryl methyl sites for hydroxylation is 1. The SMILES string of the molecule is Cc1ccccc1OC(=O)c1cc(Br)ccc1Br. The standard InChI is InChI=1S/C14H10Br2O2/c1-9-4-2-3-5-13(9)18-14(17)11-8-10(15)6-7-12(11)16/h2-8H,1H3. The minimum atomic E-state index is -0.377. The van der Waals surface area contributed by atoms with Gasteiger partial charge < -0.3 is 4.74 Å². The summed E-state index contributed by atoms with van der Waals surface area (Å²) >= 11 is 6.68. The van der Waals surface area contributed by atoms with Gasteiger partial charge in [0.2, 0.25) is 0 Å². The van der Waals surface area contributed by atoms with Gasteiger partial charge in [-0.05, 0) is 52.7 Å². The van der Waals surface area contributed by atoms with E-state index in [-0.39, 0.29) is 5.97 Å². The second kappa shape index (κ2) is 5.67. The molecule has 0 unspecified atom stereocenters. The smallest absolute Gasteiger partial charge is 0.344 e. The van der Waals surface area contributed by atoms with E-state index < -0.39 is 0 Å². The Morgan fingerprint density at radius 3 is 2.56 bits per heavy atom. The summed E-state index contributed by atoms with van der Waals surface area (Å²) in [5, 5.41) is 0. The van der Waals surface area contributed by atoms with Gasteiger partial charge in [-0.3, -0.25) is 0 Å². The summed E-state index contributed by atoms with van der Waals surface area (Å²) in [6.45, 7) is 1.90. The minimum Gasteiger partial charge on any atom is -0.423 e. The molecule has 2 rings (SSSR count). The molecule has 4 heteroatoms. The summed E-state index contributed by atoms with van der Waals surface area (Å²) in [5.74, 6) is 0.201. The van der Waals surface area contributed by atoms with Gasteiger partial charge in [-0.25, -0.2) is 4.79 Å². The first-order valence-electron chi connectivity index (χ1n) is 5.31. The lowest BCUT2D eigenvalue weighted by Gasteiger charge is -2.08. The van der Waals surface area contributed by atoms with Gasteiger partial charge >= 0.3 is 5.97 Å². The summed E-state index contributed by atoms with van der Waals surface area (Å²) in [6, 6.07) is 12.8. The Bertz CT molecular complexity index is 594. The number of esters is 1. The van der Waals surface area contributed by atoms with Crippen LogP contribution >= 0.6 is 31.9 Å². The van der Waals surface area contributed by atoms with Crippen LogP contribution < -0.4 is 4.74 Å². The molecule has 0 aromatic heterocycles. The lowest BCUT2D eigenvalue weighted by molar-refractivity contribution is 0.0732. The highest BCUT2D eigenvalue weighted by Gasteiger charge is 2.13. The van der Waals surface area contributed by atoms with Crippen molar-refractivity contribution in [1.29, 1.82) is 0 Å². The van der Waals surface area contributed by atoms with Crippen LogP contribution in [0.4, 0.5) is 0 Å². The molecule has 0 heterocycles. The molecule has 2 aromatic rings. The van der Waals surface area contributed by atoms with Crippen molar-refractivity contribution in [2.45, 2.75) is 6.92 Å². The molecule has 0 atom stereocenters. The van der Waals surface area contributed by atoms with Gasteiger partial charge in [-0.15, -0.1) is 0 Å². The average molecular weight is 370 g/mol. The van der Waals surface area contributed by atoms with E-state index in [1.54, 1.807) is 18.2 Å². The normalized spacial score (nSPS) is 10.2. The maximum absolute atomic E-state index is 12.1. The highest BCUT2D eigenvalue weighted by atomic mass is 79.9. The first-order chi connectivity index (χ1) is 8.58. The highest BCUT2D eigenvalue weighted by Crippen LogP contribution is 2.24. The van der Waals surface area contributed by atoms with Gasteiger partial charge in [0.25, 0.3) is 0 Å². The molecule has 0 radical (unpaired) electrons. The van der Waals surface area contributed by atoms with E-state index in [0.717, 1.165) is 10.0 Å². The van der Waals surface area contributed by atoms with Crippen molar-refractivity contribution in [2.75, 3.05) is 0 Å². The van der Waals surface area contributed by atoms with E-state index in [1.807, 2.05) is 31.2 Å². The van der Waals surface area contributed by atoms with Crippen LogP contribution in [0.3, 0.4) is 0 Å². The van der Waals surface area contributed by atoms with Crippen molar-refractivity contribution in [2.24, 2.45) is 0 Å². The van der Waals surface area contributed by atoms with E-state index in [4.69, 9.17) is 4.74 Å². The second-order valence-electron chi connectivity index (χ2n) is 3.78. The minimum absolute atomic E-state index is 0.377. The summed E-state index contributed by atoms with van der Waals surface area (Å²) in [6.07, 6.45) is 0. The molecule has 2 nitrogen and oxygen atoms in total. The van der Waals surface area contributed by atoms with Crippen molar-refractivity contribution < 1.29 is 9.53 Å². The van der Waals surface area contributed by atoms with Crippen LogP contribution in [-0.2, 0) is 0 Å². The predicted molar refractivity (Wildman–Crippen MR) is 78.0 cm³/mol. The van der Waals surface area contributed by atoms with Gasteiger partial charge in [-0.2, -0.15) is 0 Å². The molecule has 0 spiro atoms. The van der Waals surface area contributed by atoms with Crippen molar-refractivity contribution in [3.63, 3.8) is 0 Å². The molecule has 92 valence electrons. The van der Waals surface area contributed by atoms with Gasteiger partial charge in [0.15, 0.2) is 0 Å². The number of ether oxygens (including phenoxy) is 1. The molecule has 0 aliphatic carbocycles. The summed E-state index contributed by atoms with van der Waals surface area (Å²) < 4.78 is 6.93. The Hall–Kier alpha value is -1.13. The first kappa shape index (κ1) is 13.3. The molecule has 2 aromatic carbocycles. The topological polar surface area (TPSA) is 26.3 Å². The number of para-hydroxylation sites is 1. The summed E-state index contributed by atoms with van der Waals surface area (Å²) in [5.41, 5.74) is 1.42. The Kier molecular flexibility index (Phi) is 4.19. The molecular weight excluding hydrogens is 360 g/mol. The molecule has 18 heavy (non-hydrogen) atoms. The molecule has 0 saturated heterocycles. The van der Waals surface area contributed by atoms with Crippen LogP contribution in [0.2, 0.25) is 0 Å². The van der Waals surface area contributed by atoms with Gasteiger partial charge in [0, 0.05) is 8.95 Å². The van der Waals surface area contributed by atoms with E-state index in [9.17, 15) is 4.79 Å². The van der Waals surface area contributed by atoms with Crippen LogP contribution in [0.25, 0.3) is 0 Å². The Balaban J connectivity index is 2.28. The molecular formula is C14H10Br2O2. The zero-order valence-corrected chi connectivity index (χ0v) is 12.8. The summed E-state index contributed by atoms with van der Waals surface area (Å²) in [7, 11) is 0. The molecule has 0 aliphatic rings. The molecule has 0 saturated carbocycles. The maximum Gasteiger partial charge on any atom is 0.344 e. The lowest BCUT2D eigenvalue weighted by atomic mass is 10.2. The molecule has 0 bridgehead atoms. The number of hydrogen-bond donors (Lipinski definition) is 0. The largest absolute Gasteiger partial charge is 0.423 e. The van der Waals surface area contributed by atoms with Crippen LogP contribution in [0.5, 0.6) is 5.75 Å². The maximum atomic E-state index is 12.1. The highest BCUT2D eigenvalue weighted by molar-refractivity contribution is 9.11. The van der Waals surface area contributed by atoms with Crippen molar-refractivity contribution in [3.05, 3.63) is 62.5 Å². The number of halogens is 2. The zero-order chi connectivity index (χ0) is 13.1. The Morgan fingerprint density at radius 2 is 1.83 bits per heavy atom. The number of hydrogen-bond acceptors (Lipinski definition) is 2. The quantitative estimate of drug-likeness (QED) is 0.564. The third kappa shape index (κ3) is 3.00. The van der Waals surface area contributed by atoms with Gasteiger partial charge in [-0.1, -0.05) is 34.1 Å². The third-order valence-corrected chi connectivity index (χ3v) is 3.63. The van der Waals surface area contributed by atoms with Crippen molar-refractivity contribution >= 4 is 37.8 Å². The van der Waals surface area contributed by atoms with E-state index >= 15 is 0 Å². The van der Waals surface area contributed by atoms with E-state index in [1.165, 1.54) is 0 Å². The van der Waals surface area contributed by atoms with Crippen LogP contribution in [0.15, 0.2) is 51.4 Å². The zero-order valence-electron chi connectivity index (χ0n) is 9.61. The first-order valence-corrected chi connectivity index (χ1v) is 6.89. The number of carbonyl (C=O) groups excluding carboxylic acids is 1. The fourth-order valence-electron chi connectivity index (χ4n) is 1.48. The van der Waals surface area contributed by atoms with Gasteiger partial charge in [0.1, 0.15) is 5.75 Å². The average Bonchev–Trinajstić information content (AvgIpc) is 2.35. The molecule has 0 fully saturated rings. The number of benzene rings is 2. The van der Waals surface area contributed by atoms with E-state index in [2.05, 4.69) is 31.9 Å². The number of carbonyl (C=O) groups is 1. The van der Waals surface area contributed by atoms with Gasteiger partial charge in [0.05, 0.1) is 5.56 Å². The van der Waals surface area contributed by atoms with E-state index in [0.29, 0.717) is 15.8 Å². The third-order valence-electron chi connectivity index (χ3n) is 2.44. The molecule has 0 amide bonds. The predicted octanol–water partition coefficient (Wildman–Crippen LogP) is 4.74. The summed E-state index contributed by atoms with van der Waals surface area (Å²) in [4.78, 5) is 12.1. The Morgan fingerprint density at radius 1 is 1.11 bits per heavy atom. The Labute approximate surface area is 122 Å².